The van der Waals surface area contributed by atoms with Crippen molar-refractivity contribution in [2.24, 2.45) is 0 Å². The summed E-state index contributed by atoms with van der Waals surface area (Å²) in [5.41, 5.74) is -0.257. The predicted octanol–water partition coefficient (Wildman–Crippen LogP) is 2.22. The molecule has 1 heterocycles. The van der Waals surface area contributed by atoms with Crippen molar-refractivity contribution in [3.05, 3.63) is 18.3 Å². The lowest BCUT2D eigenvalue weighted by Crippen LogP contribution is -2.49. The molecule has 0 saturated heterocycles. The number of nitrogens with one attached hydrogen (secondary N) is 1. The zero-order valence-electron chi connectivity index (χ0n) is 11.5. The first-order valence-corrected chi connectivity index (χ1v) is 6.54. The van der Waals surface area contributed by atoms with Crippen LogP contribution in [-0.2, 0) is 0 Å². The van der Waals surface area contributed by atoms with E-state index in [2.05, 4.69) is 34.0 Å². The number of aromatic amines is 1. The zero-order valence-corrected chi connectivity index (χ0v) is 11.5. The van der Waals surface area contributed by atoms with E-state index in [9.17, 15) is 5.26 Å². The molecule has 0 amide bonds. The lowest BCUT2D eigenvalue weighted by molar-refractivity contribution is 0.148. The molecule has 0 radical (unpaired) electrons. The van der Waals surface area contributed by atoms with E-state index in [-0.39, 0.29) is 5.54 Å². The summed E-state index contributed by atoms with van der Waals surface area (Å²) in [4.78, 5) is 7.63. The van der Waals surface area contributed by atoms with Gasteiger partial charge in [0, 0.05) is 19.3 Å². The molecule has 1 saturated carbocycles. The molecule has 1 aliphatic carbocycles. The van der Waals surface area contributed by atoms with Crippen LogP contribution < -0.4 is 4.90 Å². The number of nitrogens with zero attached hydrogens (tertiary/aromatic N) is 3. The minimum absolute atomic E-state index is 0.257. The maximum absolute atomic E-state index is 9.41. The Morgan fingerprint density at radius 3 is 2.44 bits per heavy atom. The summed E-state index contributed by atoms with van der Waals surface area (Å²) in [7, 11) is 6.15. The van der Waals surface area contributed by atoms with Crippen LogP contribution in [0.25, 0.3) is 0 Å². The van der Waals surface area contributed by atoms with Crippen molar-refractivity contribution in [1.82, 2.24) is 9.88 Å². The Hall–Kier alpha value is -1.47. The minimum atomic E-state index is -0.257. The molecule has 2 rings (SSSR count). The number of anilines is 1. The number of hydrogen-bond acceptors (Lipinski definition) is 3. The zero-order chi connectivity index (χ0) is 13.2. The van der Waals surface area contributed by atoms with Gasteiger partial charge in [-0.05, 0) is 51.9 Å². The molecule has 0 unspecified atom stereocenters. The maximum Gasteiger partial charge on any atom is 0.108 e. The fourth-order valence-corrected chi connectivity index (χ4v) is 2.86. The minimum Gasteiger partial charge on any atom is -0.358 e. The SMILES string of the molecule is CN(c1ccc[nH]1)C1CCC(C#N)(N(C)C)CC1. The molecule has 0 atom stereocenters. The number of aromatic nitrogens is 1. The highest BCUT2D eigenvalue weighted by Crippen LogP contribution is 2.34. The molecule has 1 fully saturated rings. The van der Waals surface area contributed by atoms with Gasteiger partial charge in [-0.1, -0.05) is 0 Å². The first-order valence-electron chi connectivity index (χ1n) is 6.54. The van der Waals surface area contributed by atoms with E-state index in [0.29, 0.717) is 6.04 Å². The van der Waals surface area contributed by atoms with Crippen LogP contribution in [0.15, 0.2) is 18.3 Å². The van der Waals surface area contributed by atoms with Gasteiger partial charge < -0.3 is 9.88 Å². The van der Waals surface area contributed by atoms with Crippen LogP contribution in [0.3, 0.4) is 0 Å². The van der Waals surface area contributed by atoms with E-state index in [0.717, 1.165) is 31.5 Å². The van der Waals surface area contributed by atoms with E-state index < -0.39 is 0 Å². The highest BCUT2D eigenvalue weighted by Gasteiger charge is 2.38. The van der Waals surface area contributed by atoms with Gasteiger partial charge in [0.1, 0.15) is 11.4 Å². The van der Waals surface area contributed by atoms with Crippen molar-refractivity contribution in [2.45, 2.75) is 37.3 Å². The smallest absolute Gasteiger partial charge is 0.108 e. The average Bonchev–Trinajstić information content (AvgIpc) is 2.91. The second-order valence-corrected chi connectivity index (χ2v) is 5.44. The molecule has 1 aliphatic rings. The van der Waals surface area contributed by atoms with Gasteiger partial charge in [0.05, 0.1) is 6.07 Å². The van der Waals surface area contributed by atoms with Gasteiger partial charge in [-0.15, -0.1) is 0 Å². The van der Waals surface area contributed by atoms with Crippen molar-refractivity contribution >= 4 is 5.82 Å². The Morgan fingerprint density at radius 1 is 1.33 bits per heavy atom. The van der Waals surface area contributed by atoms with Crippen molar-refractivity contribution in [3.8, 4) is 6.07 Å². The van der Waals surface area contributed by atoms with Crippen LogP contribution >= 0.6 is 0 Å². The molecule has 0 spiro atoms. The Labute approximate surface area is 109 Å². The predicted molar refractivity (Wildman–Crippen MR) is 73.5 cm³/mol. The largest absolute Gasteiger partial charge is 0.358 e. The number of H-pyrrole nitrogens is 1. The molecule has 4 nitrogen and oxygen atoms in total. The van der Waals surface area contributed by atoms with E-state index >= 15 is 0 Å². The lowest BCUT2D eigenvalue weighted by atomic mass is 9.79. The highest BCUT2D eigenvalue weighted by molar-refractivity contribution is 5.39. The van der Waals surface area contributed by atoms with Crippen LogP contribution in [0.5, 0.6) is 0 Å². The quantitative estimate of drug-likeness (QED) is 0.889. The molecule has 4 heteroatoms. The average molecular weight is 246 g/mol. The molecule has 1 aromatic heterocycles. The van der Waals surface area contributed by atoms with Crippen LogP contribution in [-0.4, -0.2) is 42.6 Å². The van der Waals surface area contributed by atoms with E-state index in [1.165, 1.54) is 0 Å². The first-order chi connectivity index (χ1) is 8.59. The maximum atomic E-state index is 9.41. The van der Waals surface area contributed by atoms with Crippen molar-refractivity contribution in [3.63, 3.8) is 0 Å². The Balaban J connectivity index is 2.01. The van der Waals surface area contributed by atoms with Gasteiger partial charge in [0.15, 0.2) is 0 Å². The second-order valence-electron chi connectivity index (χ2n) is 5.44. The Kier molecular flexibility index (Phi) is 3.63. The van der Waals surface area contributed by atoms with Crippen LogP contribution in [0.1, 0.15) is 25.7 Å². The molecular formula is C14H22N4. The van der Waals surface area contributed by atoms with Crippen molar-refractivity contribution in [1.29, 1.82) is 5.26 Å². The molecule has 0 aliphatic heterocycles. The molecule has 18 heavy (non-hydrogen) atoms. The summed E-state index contributed by atoms with van der Waals surface area (Å²) >= 11 is 0. The number of rotatable bonds is 3. The molecule has 1 aromatic rings. The van der Waals surface area contributed by atoms with Crippen LogP contribution in [0.2, 0.25) is 0 Å². The van der Waals surface area contributed by atoms with Gasteiger partial charge in [-0.2, -0.15) is 5.26 Å². The van der Waals surface area contributed by atoms with Crippen LogP contribution in [0.4, 0.5) is 5.82 Å². The number of hydrogen-bond donors (Lipinski definition) is 1. The molecule has 1 N–H and O–H groups in total. The Morgan fingerprint density at radius 2 is 2.00 bits per heavy atom. The van der Waals surface area contributed by atoms with Gasteiger partial charge >= 0.3 is 0 Å². The summed E-state index contributed by atoms with van der Waals surface area (Å²) in [6, 6.07) is 7.16. The molecular weight excluding hydrogens is 224 g/mol. The number of nitriles is 1. The molecule has 0 bridgehead atoms. The van der Waals surface area contributed by atoms with Crippen molar-refractivity contribution in [2.75, 3.05) is 26.0 Å². The lowest BCUT2D eigenvalue weighted by Gasteiger charge is -2.42. The molecule has 0 aromatic carbocycles. The highest BCUT2D eigenvalue weighted by atomic mass is 15.2. The normalized spacial score (nSPS) is 28.1. The first kappa shape index (κ1) is 13.0. The van der Waals surface area contributed by atoms with E-state index in [1.807, 2.05) is 26.4 Å². The fraction of sp³-hybridized carbons (Fsp3) is 0.643. The topological polar surface area (TPSA) is 46.1 Å². The third-order valence-electron chi connectivity index (χ3n) is 4.36. The summed E-state index contributed by atoms with van der Waals surface area (Å²) in [5, 5.41) is 9.41. The molecule has 98 valence electrons. The monoisotopic (exact) mass is 246 g/mol. The van der Waals surface area contributed by atoms with Gasteiger partial charge in [-0.3, -0.25) is 4.90 Å². The summed E-state index contributed by atoms with van der Waals surface area (Å²) in [6.07, 6.45) is 6.00. The van der Waals surface area contributed by atoms with E-state index in [4.69, 9.17) is 0 Å². The van der Waals surface area contributed by atoms with Crippen LogP contribution in [0, 0.1) is 11.3 Å². The third-order valence-corrected chi connectivity index (χ3v) is 4.36. The van der Waals surface area contributed by atoms with Gasteiger partial charge in [-0.25, -0.2) is 0 Å². The third kappa shape index (κ3) is 2.23. The fourth-order valence-electron chi connectivity index (χ4n) is 2.86. The summed E-state index contributed by atoms with van der Waals surface area (Å²) in [5.74, 6) is 1.16. The van der Waals surface area contributed by atoms with Gasteiger partial charge in [0.25, 0.3) is 0 Å². The Bertz CT molecular complexity index is 408. The van der Waals surface area contributed by atoms with E-state index in [1.54, 1.807) is 0 Å². The van der Waals surface area contributed by atoms with Crippen molar-refractivity contribution < 1.29 is 0 Å². The summed E-state index contributed by atoms with van der Waals surface area (Å²) in [6.45, 7) is 0. The second kappa shape index (κ2) is 5.03. The standard InChI is InChI=1S/C14H22N4/c1-17(2)14(11-15)8-6-12(7-9-14)18(3)13-5-4-10-16-13/h4-5,10,12,16H,6-9H2,1-3H3. The summed E-state index contributed by atoms with van der Waals surface area (Å²) < 4.78 is 0. The van der Waals surface area contributed by atoms with Gasteiger partial charge in [0.2, 0.25) is 0 Å².